The van der Waals surface area contributed by atoms with E-state index in [4.69, 9.17) is 4.74 Å². The molecule has 2 aromatic carbocycles. The van der Waals surface area contributed by atoms with Crippen molar-refractivity contribution >= 4 is 5.91 Å². The van der Waals surface area contributed by atoms with E-state index in [0.717, 1.165) is 24.2 Å². The van der Waals surface area contributed by atoms with Crippen LogP contribution in [0.15, 0.2) is 48.5 Å². The van der Waals surface area contributed by atoms with E-state index < -0.39 is 0 Å². The maximum Gasteiger partial charge on any atom is 0.220 e. The number of amides is 1. The molecule has 0 saturated carbocycles. The number of ether oxygens (including phenoxy) is 1. The van der Waals surface area contributed by atoms with E-state index >= 15 is 0 Å². The van der Waals surface area contributed by atoms with Gasteiger partial charge >= 0.3 is 0 Å². The molecule has 3 heteroatoms. The lowest BCUT2D eigenvalue weighted by Gasteiger charge is -2.18. The van der Waals surface area contributed by atoms with Gasteiger partial charge < -0.3 is 10.1 Å². The maximum atomic E-state index is 12.2. The van der Waals surface area contributed by atoms with Gasteiger partial charge in [-0.25, -0.2) is 0 Å². The van der Waals surface area contributed by atoms with Crippen molar-refractivity contribution in [2.24, 2.45) is 0 Å². The van der Waals surface area contributed by atoms with Crippen LogP contribution in [0.25, 0.3) is 0 Å². The molecular weight excluding hydrogens is 286 g/mol. The van der Waals surface area contributed by atoms with Gasteiger partial charge in [-0.05, 0) is 43.0 Å². The number of methoxy groups -OCH3 is 1. The number of benzene rings is 2. The van der Waals surface area contributed by atoms with Crippen LogP contribution < -0.4 is 10.1 Å². The first kappa shape index (κ1) is 17.1. The van der Waals surface area contributed by atoms with E-state index in [2.05, 4.69) is 43.4 Å². The standard InChI is InChI=1S/C20H25NO2/c1-4-19(17-10-12-18(23-3)13-11-17)21-20(22)14-9-16-7-5-15(2)6-8-16/h5-8,10-13,19H,4,9,14H2,1-3H3,(H,21,22)/t19-/m0/s1. The molecule has 0 aliphatic heterocycles. The second kappa shape index (κ2) is 8.37. The Morgan fingerprint density at radius 1 is 1.09 bits per heavy atom. The summed E-state index contributed by atoms with van der Waals surface area (Å²) in [5.41, 5.74) is 3.55. The smallest absolute Gasteiger partial charge is 0.220 e. The molecule has 0 bridgehead atoms. The molecule has 2 aromatic rings. The Morgan fingerprint density at radius 2 is 1.74 bits per heavy atom. The summed E-state index contributed by atoms with van der Waals surface area (Å²) in [4.78, 5) is 12.2. The van der Waals surface area contributed by atoms with Crippen molar-refractivity contribution in [1.29, 1.82) is 0 Å². The van der Waals surface area contributed by atoms with Gasteiger partial charge in [-0.2, -0.15) is 0 Å². The Kier molecular flexibility index (Phi) is 6.21. The van der Waals surface area contributed by atoms with Gasteiger partial charge in [-0.3, -0.25) is 4.79 Å². The molecule has 1 atom stereocenters. The third-order valence-corrected chi connectivity index (χ3v) is 4.02. The average Bonchev–Trinajstić information content (AvgIpc) is 2.59. The highest BCUT2D eigenvalue weighted by Gasteiger charge is 2.12. The first-order valence-electron chi connectivity index (χ1n) is 8.11. The lowest BCUT2D eigenvalue weighted by Crippen LogP contribution is -2.28. The van der Waals surface area contributed by atoms with Crippen molar-refractivity contribution in [2.45, 2.75) is 39.2 Å². The monoisotopic (exact) mass is 311 g/mol. The molecule has 1 amide bonds. The number of nitrogens with one attached hydrogen (secondary N) is 1. The molecule has 2 rings (SSSR count). The van der Waals surface area contributed by atoms with Crippen LogP contribution in [0, 0.1) is 6.92 Å². The Bertz CT molecular complexity index is 617. The van der Waals surface area contributed by atoms with Crippen LogP contribution in [0.1, 0.15) is 42.5 Å². The fourth-order valence-electron chi connectivity index (χ4n) is 2.54. The fourth-order valence-corrected chi connectivity index (χ4v) is 2.54. The Balaban J connectivity index is 1.89. The van der Waals surface area contributed by atoms with Crippen LogP contribution in [0.3, 0.4) is 0 Å². The molecule has 0 aliphatic rings. The molecule has 1 N–H and O–H groups in total. The van der Waals surface area contributed by atoms with Crippen molar-refractivity contribution in [1.82, 2.24) is 5.32 Å². The average molecular weight is 311 g/mol. The molecule has 0 spiro atoms. The molecule has 0 saturated heterocycles. The number of carbonyl (C=O) groups is 1. The minimum absolute atomic E-state index is 0.0476. The highest BCUT2D eigenvalue weighted by molar-refractivity contribution is 5.76. The number of hydrogen-bond donors (Lipinski definition) is 1. The molecule has 0 heterocycles. The molecule has 122 valence electrons. The Hall–Kier alpha value is -2.29. The number of aryl methyl sites for hydroxylation is 2. The van der Waals surface area contributed by atoms with Crippen LogP contribution in [-0.4, -0.2) is 13.0 Å². The van der Waals surface area contributed by atoms with Crippen molar-refractivity contribution in [3.8, 4) is 5.75 Å². The van der Waals surface area contributed by atoms with Gasteiger partial charge in [-0.1, -0.05) is 48.9 Å². The summed E-state index contributed by atoms with van der Waals surface area (Å²) in [6.45, 7) is 4.15. The molecule has 3 nitrogen and oxygen atoms in total. The van der Waals surface area contributed by atoms with Crippen molar-refractivity contribution in [3.05, 3.63) is 65.2 Å². The molecular formula is C20H25NO2. The number of hydrogen-bond acceptors (Lipinski definition) is 2. The maximum absolute atomic E-state index is 12.2. The molecule has 0 aromatic heterocycles. The zero-order valence-corrected chi connectivity index (χ0v) is 14.1. The van der Waals surface area contributed by atoms with Gasteiger partial charge in [0, 0.05) is 6.42 Å². The third-order valence-electron chi connectivity index (χ3n) is 4.02. The van der Waals surface area contributed by atoms with Gasteiger partial charge in [0.25, 0.3) is 0 Å². The van der Waals surface area contributed by atoms with Gasteiger partial charge in [0.05, 0.1) is 13.2 Å². The van der Waals surface area contributed by atoms with Crippen LogP contribution in [0.2, 0.25) is 0 Å². The summed E-state index contributed by atoms with van der Waals surface area (Å²) in [6, 6.07) is 16.3. The summed E-state index contributed by atoms with van der Waals surface area (Å²) in [5.74, 6) is 0.919. The SMILES string of the molecule is CC[C@H](NC(=O)CCc1ccc(C)cc1)c1ccc(OC)cc1. The number of rotatable bonds is 7. The van der Waals surface area contributed by atoms with E-state index in [1.807, 2.05) is 24.3 Å². The summed E-state index contributed by atoms with van der Waals surface area (Å²) >= 11 is 0. The molecule has 0 fully saturated rings. The zero-order chi connectivity index (χ0) is 16.7. The summed E-state index contributed by atoms with van der Waals surface area (Å²) < 4.78 is 5.17. The summed E-state index contributed by atoms with van der Waals surface area (Å²) in [6.07, 6.45) is 2.14. The van der Waals surface area contributed by atoms with Crippen molar-refractivity contribution in [3.63, 3.8) is 0 Å². The third kappa shape index (κ3) is 5.13. The van der Waals surface area contributed by atoms with E-state index in [1.165, 1.54) is 11.1 Å². The highest BCUT2D eigenvalue weighted by Crippen LogP contribution is 2.20. The fraction of sp³-hybridized carbons (Fsp3) is 0.350. The lowest BCUT2D eigenvalue weighted by molar-refractivity contribution is -0.121. The van der Waals surface area contributed by atoms with Crippen LogP contribution in [0.5, 0.6) is 5.75 Å². The van der Waals surface area contributed by atoms with Gasteiger partial charge in [-0.15, -0.1) is 0 Å². The second-order valence-corrected chi connectivity index (χ2v) is 5.79. The van der Waals surface area contributed by atoms with Gasteiger partial charge in [0.15, 0.2) is 0 Å². The zero-order valence-electron chi connectivity index (χ0n) is 14.1. The molecule has 0 aliphatic carbocycles. The summed E-state index contributed by atoms with van der Waals surface area (Å²) in [7, 11) is 1.65. The van der Waals surface area contributed by atoms with Crippen LogP contribution >= 0.6 is 0 Å². The van der Waals surface area contributed by atoms with Crippen LogP contribution in [-0.2, 0) is 11.2 Å². The second-order valence-electron chi connectivity index (χ2n) is 5.79. The highest BCUT2D eigenvalue weighted by atomic mass is 16.5. The first-order chi connectivity index (χ1) is 11.1. The molecule has 0 unspecified atom stereocenters. The Labute approximate surface area is 138 Å². The Morgan fingerprint density at radius 3 is 2.30 bits per heavy atom. The van der Waals surface area contributed by atoms with Gasteiger partial charge in [0.1, 0.15) is 5.75 Å². The molecule has 0 radical (unpaired) electrons. The largest absolute Gasteiger partial charge is 0.497 e. The predicted molar refractivity (Wildman–Crippen MR) is 93.7 cm³/mol. The lowest BCUT2D eigenvalue weighted by atomic mass is 10.0. The quantitative estimate of drug-likeness (QED) is 0.832. The van der Waals surface area contributed by atoms with E-state index in [1.54, 1.807) is 7.11 Å². The molecule has 23 heavy (non-hydrogen) atoms. The first-order valence-corrected chi connectivity index (χ1v) is 8.11. The predicted octanol–water partition coefficient (Wildman–Crippen LogP) is 4.20. The minimum Gasteiger partial charge on any atom is -0.497 e. The summed E-state index contributed by atoms with van der Waals surface area (Å²) in [5, 5.41) is 3.12. The topological polar surface area (TPSA) is 38.3 Å². The van der Waals surface area contributed by atoms with E-state index in [0.29, 0.717) is 6.42 Å². The van der Waals surface area contributed by atoms with Gasteiger partial charge in [0.2, 0.25) is 5.91 Å². The van der Waals surface area contributed by atoms with Crippen LogP contribution in [0.4, 0.5) is 0 Å². The van der Waals surface area contributed by atoms with E-state index in [-0.39, 0.29) is 11.9 Å². The normalized spacial score (nSPS) is 11.8. The minimum atomic E-state index is 0.0476. The van der Waals surface area contributed by atoms with Crippen molar-refractivity contribution in [2.75, 3.05) is 7.11 Å². The number of carbonyl (C=O) groups excluding carboxylic acids is 1. The van der Waals surface area contributed by atoms with Crippen molar-refractivity contribution < 1.29 is 9.53 Å². The van der Waals surface area contributed by atoms with E-state index in [9.17, 15) is 4.79 Å².